The first-order valence-corrected chi connectivity index (χ1v) is 29.3. The lowest BCUT2D eigenvalue weighted by Gasteiger charge is -2.34. The summed E-state index contributed by atoms with van der Waals surface area (Å²) in [6, 6.07) is 29.3. The molecule has 77 heavy (non-hydrogen) atoms. The Morgan fingerprint density at radius 1 is 0.584 bits per heavy atom. The average molecular weight is 1040 g/mol. The van der Waals surface area contributed by atoms with Crippen molar-refractivity contribution < 1.29 is 23.9 Å². The Hall–Kier alpha value is -5.44. The van der Waals surface area contributed by atoms with Gasteiger partial charge in [-0.3, -0.25) is 9.78 Å². The molecule has 1 aromatic heterocycles. The maximum absolute atomic E-state index is 11.0. The van der Waals surface area contributed by atoms with Crippen molar-refractivity contribution in [1.29, 1.82) is 0 Å². The highest BCUT2D eigenvalue weighted by molar-refractivity contribution is 6.62. The predicted octanol–water partition coefficient (Wildman–Crippen LogP) is 16.0. The van der Waals surface area contributed by atoms with Crippen molar-refractivity contribution in [2.24, 2.45) is 5.41 Å². The fraction of sp³-hybridized carbons (Fsp3) is 0.514. The van der Waals surface area contributed by atoms with Crippen molar-refractivity contribution >= 4 is 19.1 Å². The minimum Gasteiger partial charge on any atom is -0.463 e. The molecule has 408 valence electrons. The number of nitrogens with zero attached hydrogens (tertiary/aromatic N) is 1. The summed E-state index contributed by atoms with van der Waals surface area (Å²) < 4.78 is 17.7. The first kappa shape index (κ1) is 59.2. The van der Waals surface area contributed by atoms with Crippen molar-refractivity contribution in [1.82, 2.24) is 4.98 Å². The summed E-state index contributed by atoms with van der Waals surface area (Å²) in [7, 11) is -0.331. The smallest absolute Gasteiger partial charge is 0.463 e. The Bertz CT molecular complexity index is 2940. The lowest BCUT2D eigenvalue weighted by atomic mass is 9.68. The van der Waals surface area contributed by atoms with Gasteiger partial charge in [0.1, 0.15) is 12.2 Å². The molecule has 0 unspecified atom stereocenters. The molecule has 0 spiro atoms. The molecule has 2 heterocycles. The number of hydrogen-bond donors (Lipinski definition) is 1. The number of benzene rings is 4. The minimum absolute atomic E-state index is 0.0385. The van der Waals surface area contributed by atoms with Gasteiger partial charge in [-0.25, -0.2) is 0 Å². The van der Waals surface area contributed by atoms with Gasteiger partial charge in [0.2, 0.25) is 0 Å². The van der Waals surface area contributed by atoms with Crippen LogP contribution in [-0.2, 0) is 36.3 Å². The second-order valence-corrected chi connectivity index (χ2v) is 24.2. The van der Waals surface area contributed by atoms with Crippen LogP contribution in [0.5, 0.6) is 0 Å². The predicted molar refractivity (Wildman–Crippen MR) is 319 cm³/mol. The highest BCUT2D eigenvalue weighted by Gasteiger charge is 2.52. The highest BCUT2D eigenvalue weighted by Crippen LogP contribution is 2.43. The third-order valence-corrected chi connectivity index (χ3v) is 18.6. The van der Waals surface area contributed by atoms with Crippen molar-refractivity contribution in [3.8, 4) is 34.8 Å². The van der Waals surface area contributed by atoms with Crippen molar-refractivity contribution in [2.75, 3.05) is 0 Å². The molecular formula is C70H90BNO5. The van der Waals surface area contributed by atoms with Crippen LogP contribution in [0.25, 0.3) is 11.1 Å². The summed E-state index contributed by atoms with van der Waals surface area (Å²) >= 11 is 0. The molecule has 3 aliphatic rings. The standard InChI is InChI=1S/C35H49BO2.C35H41NO3/c1-10-35(11-2,30-18-19-31(27(4)25-30)36-37-32(5,6)33(7,8)38-36)29-17-16-28(26(3)24-29)20-23-34(9)21-14-12-13-15-22-34;1-5-35(6-2,31-12-11-29(26(3)19-31)15-18-34(38)16-9-7-8-10-17-34)32-13-14-33(27(4)20-32)30-21-28(22-36-23-30)24-39-25-37/h16-19,24-25H,10-15,21-22H2,1-9H3;11-14,19-23,25,38H,5-10,16-17,24H2,1-4H3. The zero-order valence-electron chi connectivity index (χ0n) is 49.4. The number of aliphatic hydroxyl groups is 1. The van der Waals surface area contributed by atoms with Crippen LogP contribution in [-0.4, -0.2) is 40.5 Å². The third kappa shape index (κ3) is 13.4. The molecule has 7 heteroatoms. The van der Waals surface area contributed by atoms with Gasteiger partial charge in [-0.05, 0) is 195 Å². The van der Waals surface area contributed by atoms with Gasteiger partial charge in [-0.2, -0.15) is 0 Å². The average Bonchev–Trinajstić information content (AvgIpc) is 3.66. The van der Waals surface area contributed by atoms with Gasteiger partial charge in [0.25, 0.3) is 6.47 Å². The van der Waals surface area contributed by atoms with E-state index in [9.17, 15) is 9.90 Å². The SMILES string of the molecule is CCC(CC)(c1ccc(C#CC2(C)CCCCCC2)c(C)c1)c1ccc(B2OC(C)(C)C(C)(C)O2)c(C)c1.CCC(CC)(c1ccc(C#CC2(O)CCCCCC2)c(C)c1)c1ccc(-c2cncc(COC=O)c2)c(C)c1. The van der Waals surface area contributed by atoms with Crippen LogP contribution < -0.4 is 5.46 Å². The summed E-state index contributed by atoms with van der Waals surface area (Å²) in [6.45, 7) is 29.4. The lowest BCUT2D eigenvalue weighted by molar-refractivity contribution is -0.129. The Balaban J connectivity index is 0.000000224. The molecule has 0 atom stereocenters. The molecule has 2 saturated carbocycles. The maximum Gasteiger partial charge on any atom is 0.495 e. The number of hydrogen-bond acceptors (Lipinski definition) is 6. The maximum atomic E-state index is 11.0. The number of ether oxygens (including phenoxy) is 1. The fourth-order valence-corrected chi connectivity index (χ4v) is 12.5. The highest BCUT2D eigenvalue weighted by atomic mass is 16.7. The summed E-state index contributed by atoms with van der Waals surface area (Å²) in [4.78, 5) is 15.0. The normalized spacial score (nSPS) is 17.8. The second-order valence-electron chi connectivity index (χ2n) is 24.2. The van der Waals surface area contributed by atoms with Gasteiger partial charge in [0.15, 0.2) is 0 Å². The Kier molecular flexibility index (Phi) is 19.3. The Morgan fingerprint density at radius 2 is 1.04 bits per heavy atom. The van der Waals surface area contributed by atoms with Crippen LogP contribution in [0.15, 0.2) is 91.3 Å². The van der Waals surface area contributed by atoms with E-state index in [0.717, 1.165) is 84.6 Å². The van der Waals surface area contributed by atoms with Crippen molar-refractivity contribution in [2.45, 2.75) is 227 Å². The number of rotatable bonds is 13. The zero-order chi connectivity index (χ0) is 55.7. The quantitative estimate of drug-likeness (QED) is 0.0548. The van der Waals surface area contributed by atoms with Crippen LogP contribution >= 0.6 is 0 Å². The van der Waals surface area contributed by atoms with E-state index in [1.807, 2.05) is 12.3 Å². The number of carbonyl (C=O) groups is 1. The summed E-state index contributed by atoms with van der Waals surface area (Å²) in [5.74, 6) is 13.8. The molecule has 0 radical (unpaired) electrons. The van der Waals surface area contributed by atoms with Gasteiger partial charge < -0.3 is 19.2 Å². The fourth-order valence-electron chi connectivity index (χ4n) is 12.5. The Labute approximate surface area is 465 Å². The third-order valence-electron chi connectivity index (χ3n) is 18.6. The molecule has 2 aliphatic carbocycles. The van der Waals surface area contributed by atoms with Crippen LogP contribution in [0.3, 0.4) is 0 Å². The van der Waals surface area contributed by atoms with E-state index in [1.54, 1.807) is 6.20 Å². The molecule has 8 rings (SSSR count). The molecule has 1 saturated heterocycles. The molecule has 4 aromatic carbocycles. The van der Waals surface area contributed by atoms with E-state index in [4.69, 9.17) is 14.0 Å². The topological polar surface area (TPSA) is 77.9 Å². The first-order valence-electron chi connectivity index (χ1n) is 29.3. The van der Waals surface area contributed by atoms with E-state index in [2.05, 4.69) is 191 Å². The molecule has 1 aliphatic heterocycles. The van der Waals surface area contributed by atoms with Gasteiger partial charge in [-0.1, -0.05) is 156 Å². The summed E-state index contributed by atoms with van der Waals surface area (Å²) in [6.07, 6.45) is 21.4. The van der Waals surface area contributed by atoms with E-state index in [1.165, 1.54) is 95.9 Å². The number of pyridine rings is 1. The van der Waals surface area contributed by atoms with Crippen molar-refractivity contribution in [3.05, 3.63) is 152 Å². The van der Waals surface area contributed by atoms with Crippen LogP contribution in [0.2, 0.25) is 0 Å². The van der Waals surface area contributed by atoms with Crippen LogP contribution in [0.4, 0.5) is 0 Å². The lowest BCUT2D eigenvalue weighted by Crippen LogP contribution is -2.41. The van der Waals surface area contributed by atoms with Gasteiger partial charge >= 0.3 is 7.12 Å². The molecule has 6 nitrogen and oxygen atoms in total. The number of aryl methyl sites for hydroxylation is 4. The molecule has 0 bridgehead atoms. The van der Waals surface area contributed by atoms with Crippen molar-refractivity contribution in [3.63, 3.8) is 0 Å². The van der Waals surface area contributed by atoms with Gasteiger partial charge in [0.05, 0.1) is 11.2 Å². The van der Waals surface area contributed by atoms with Crippen LogP contribution in [0, 0.1) is 56.8 Å². The zero-order valence-corrected chi connectivity index (χ0v) is 49.4. The number of aromatic nitrogens is 1. The molecule has 1 N–H and O–H groups in total. The van der Waals surface area contributed by atoms with Gasteiger partial charge in [0, 0.05) is 50.9 Å². The van der Waals surface area contributed by atoms with E-state index in [-0.39, 0.29) is 41.2 Å². The van der Waals surface area contributed by atoms with Gasteiger partial charge in [-0.15, -0.1) is 0 Å². The minimum atomic E-state index is -0.853. The van der Waals surface area contributed by atoms with E-state index in [0.29, 0.717) is 6.47 Å². The molecule has 3 fully saturated rings. The van der Waals surface area contributed by atoms with Crippen LogP contribution in [0.1, 0.15) is 226 Å². The molecule has 5 aromatic rings. The summed E-state index contributed by atoms with van der Waals surface area (Å²) in [5, 5.41) is 11.0. The number of carbonyl (C=O) groups excluding carboxylic acids is 1. The van der Waals surface area contributed by atoms with E-state index >= 15 is 0 Å². The monoisotopic (exact) mass is 1040 g/mol. The summed E-state index contributed by atoms with van der Waals surface area (Å²) in [5.41, 5.74) is 15.0. The Morgan fingerprint density at radius 3 is 1.51 bits per heavy atom. The molecule has 0 amide bonds. The second kappa shape index (κ2) is 25.1. The largest absolute Gasteiger partial charge is 0.495 e. The molecular weight excluding hydrogens is 946 g/mol. The first-order chi connectivity index (χ1) is 36.7. The van der Waals surface area contributed by atoms with E-state index < -0.39 is 5.60 Å².